The van der Waals surface area contributed by atoms with E-state index in [1.807, 2.05) is 0 Å². The first-order valence-electron chi connectivity index (χ1n) is 3.37. The lowest BCUT2D eigenvalue weighted by Crippen LogP contribution is -2.20. The summed E-state index contributed by atoms with van der Waals surface area (Å²) in [6.07, 6.45) is 2.94. The highest BCUT2D eigenvalue weighted by Gasteiger charge is 2.21. The molecule has 0 radical (unpaired) electrons. The number of hydrogen-bond donors (Lipinski definition) is 3. The van der Waals surface area contributed by atoms with E-state index in [0.29, 0.717) is 15.4 Å². The van der Waals surface area contributed by atoms with E-state index in [9.17, 15) is 4.79 Å². The van der Waals surface area contributed by atoms with Crippen molar-refractivity contribution in [1.29, 1.82) is 0 Å². The molecule has 0 aromatic carbocycles. The molecule has 0 spiro atoms. The van der Waals surface area contributed by atoms with E-state index in [1.165, 1.54) is 18.0 Å². The number of carboxylic acid groups (broad SMARTS) is 1. The summed E-state index contributed by atoms with van der Waals surface area (Å²) >= 11 is 1.18. The lowest BCUT2D eigenvalue weighted by molar-refractivity contribution is -0.138. The lowest BCUT2D eigenvalue weighted by atomic mass is 10.2. The predicted molar refractivity (Wildman–Crippen MR) is 45.8 cm³/mol. The molecule has 6 nitrogen and oxygen atoms in total. The molecular formula is C6H9N3O3S. The van der Waals surface area contributed by atoms with E-state index in [4.69, 9.17) is 16.0 Å². The molecule has 0 aliphatic heterocycles. The fraction of sp³-hybridized carbons (Fsp3) is 0.333. The van der Waals surface area contributed by atoms with Gasteiger partial charge in [-0.05, 0) is 6.26 Å². The summed E-state index contributed by atoms with van der Waals surface area (Å²) in [5.41, 5.74) is 5.66. The molecule has 0 saturated heterocycles. The normalized spacial score (nSPS) is 12.8. The summed E-state index contributed by atoms with van der Waals surface area (Å²) in [6.45, 7) is 0. The molecule has 0 aliphatic carbocycles. The zero-order valence-corrected chi connectivity index (χ0v) is 7.65. The number of aliphatic carboxylic acids is 1. The minimum absolute atomic E-state index is 0.308. The average molecular weight is 203 g/mol. The molecule has 13 heavy (non-hydrogen) atoms. The van der Waals surface area contributed by atoms with Gasteiger partial charge in [-0.25, -0.2) is 0 Å². The van der Waals surface area contributed by atoms with Gasteiger partial charge in [0.05, 0.1) is 6.20 Å². The summed E-state index contributed by atoms with van der Waals surface area (Å²) in [4.78, 5) is 11.1. The zero-order valence-electron chi connectivity index (χ0n) is 6.84. The van der Waals surface area contributed by atoms with Crippen LogP contribution in [0.2, 0.25) is 0 Å². The third-order valence-electron chi connectivity index (χ3n) is 1.53. The molecule has 1 rings (SSSR count). The Morgan fingerprint density at radius 2 is 2.46 bits per heavy atom. The highest BCUT2D eigenvalue weighted by atomic mass is 32.2. The van der Waals surface area contributed by atoms with Gasteiger partial charge >= 0.3 is 5.97 Å². The fourth-order valence-corrected chi connectivity index (χ4v) is 1.51. The number of hydrogen-bond acceptors (Lipinski definition) is 5. The van der Waals surface area contributed by atoms with Crippen LogP contribution in [0.4, 0.5) is 0 Å². The molecule has 1 aromatic rings. The Labute approximate surface area is 78.3 Å². The van der Waals surface area contributed by atoms with Gasteiger partial charge in [0.2, 0.25) is 0 Å². The van der Waals surface area contributed by atoms with Crippen LogP contribution in [0.3, 0.4) is 0 Å². The molecule has 0 bridgehead atoms. The predicted octanol–water partition coefficient (Wildman–Crippen LogP) is -0.0733. The Bertz CT molecular complexity index is 325. The van der Waals surface area contributed by atoms with Crippen molar-refractivity contribution in [2.45, 2.75) is 11.1 Å². The van der Waals surface area contributed by atoms with Crippen LogP contribution in [-0.4, -0.2) is 32.5 Å². The molecule has 1 aromatic heterocycles. The monoisotopic (exact) mass is 203 g/mol. The van der Waals surface area contributed by atoms with Crippen LogP contribution < -0.4 is 5.73 Å². The maximum Gasteiger partial charge on any atom is 0.325 e. The number of thioether (sulfide) groups is 1. The van der Waals surface area contributed by atoms with Crippen molar-refractivity contribution < 1.29 is 15.1 Å². The van der Waals surface area contributed by atoms with E-state index in [-0.39, 0.29) is 0 Å². The molecule has 1 atom stereocenters. The third-order valence-corrected chi connectivity index (χ3v) is 2.31. The number of rotatable bonds is 3. The number of carboxylic acids is 1. The molecule has 0 fully saturated rings. The molecule has 0 saturated carbocycles. The second-order valence-electron chi connectivity index (χ2n) is 2.31. The van der Waals surface area contributed by atoms with Gasteiger partial charge in [0, 0.05) is 5.56 Å². The summed E-state index contributed by atoms with van der Waals surface area (Å²) in [7, 11) is 0. The Morgan fingerprint density at radius 1 is 1.85 bits per heavy atom. The van der Waals surface area contributed by atoms with Crippen molar-refractivity contribution in [3.05, 3.63) is 11.8 Å². The van der Waals surface area contributed by atoms with Gasteiger partial charge in [0.1, 0.15) is 11.1 Å². The first-order valence-corrected chi connectivity index (χ1v) is 4.60. The Hall–Kier alpha value is -1.21. The summed E-state index contributed by atoms with van der Waals surface area (Å²) in [5, 5.41) is 21.6. The smallest absolute Gasteiger partial charge is 0.325 e. The first kappa shape index (κ1) is 9.87. The van der Waals surface area contributed by atoms with Crippen molar-refractivity contribution in [1.82, 2.24) is 9.94 Å². The van der Waals surface area contributed by atoms with E-state index >= 15 is 0 Å². The molecule has 1 heterocycles. The van der Waals surface area contributed by atoms with E-state index in [0.717, 1.165) is 0 Å². The van der Waals surface area contributed by atoms with E-state index in [1.54, 1.807) is 6.26 Å². The van der Waals surface area contributed by atoms with E-state index < -0.39 is 12.0 Å². The van der Waals surface area contributed by atoms with Gasteiger partial charge < -0.3 is 16.0 Å². The van der Waals surface area contributed by atoms with Crippen LogP contribution in [0.15, 0.2) is 11.2 Å². The molecular weight excluding hydrogens is 194 g/mol. The second kappa shape index (κ2) is 3.67. The molecule has 1 unspecified atom stereocenters. The number of aromatic nitrogens is 2. The van der Waals surface area contributed by atoms with Crippen LogP contribution >= 0.6 is 11.8 Å². The zero-order chi connectivity index (χ0) is 10.0. The summed E-state index contributed by atoms with van der Waals surface area (Å²) in [6, 6.07) is -1.15. The number of carbonyl (C=O) groups is 1. The SMILES string of the molecule is CSc1c(C(N)C(=O)O)cnn1O. The Balaban J connectivity index is 3.06. The van der Waals surface area contributed by atoms with Crippen LogP contribution in [0.5, 0.6) is 0 Å². The standard InChI is InChI=1S/C6H9N3O3S/c1-13-5-3(2-8-9(5)12)4(7)6(10)11/h2,4,12H,7H2,1H3,(H,10,11). The minimum atomic E-state index is -1.15. The maximum atomic E-state index is 10.5. The molecule has 4 N–H and O–H groups in total. The van der Waals surface area contributed by atoms with E-state index in [2.05, 4.69) is 5.10 Å². The largest absolute Gasteiger partial charge is 0.480 e. The van der Waals surface area contributed by atoms with Gasteiger partial charge in [-0.2, -0.15) is 0 Å². The topological polar surface area (TPSA) is 101 Å². The Kier molecular flexibility index (Phi) is 2.79. The third kappa shape index (κ3) is 1.76. The molecule has 7 heteroatoms. The van der Waals surface area contributed by atoms with Gasteiger partial charge in [-0.3, -0.25) is 4.79 Å². The quantitative estimate of drug-likeness (QED) is 0.469. The van der Waals surface area contributed by atoms with Crippen LogP contribution in [0, 0.1) is 0 Å². The minimum Gasteiger partial charge on any atom is -0.480 e. The maximum absolute atomic E-state index is 10.5. The number of nitrogens with two attached hydrogens (primary N) is 1. The van der Waals surface area contributed by atoms with Crippen molar-refractivity contribution in [3.8, 4) is 0 Å². The fourth-order valence-electron chi connectivity index (χ4n) is 0.886. The highest BCUT2D eigenvalue weighted by Crippen LogP contribution is 2.23. The molecule has 0 amide bonds. The molecule has 72 valence electrons. The van der Waals surface area contributed by atoms with Gasteiger partial charge in [-0.1, -0.05) is 4.85 Å². The van der Waals surface area contributed by atoms with Crippen molar-refractivity contribution >= 4 is 17.7 Å². The Morgan fingerprint density at radius 3 is 2.92 bits per heavy atom. The summed E-state index contributed by atoms with van der Waals surface area (Å²) in [5.74, 6) is -1.15. The van der Waals surface area contributed by atoms with Crippen molar-refractivity contribution in [2.24, 2.45) is 5.73 Å². The van der Waals surface area contributed by atoms with Gasteiger partial charge in [0.15, 0.2) is 0 Å². The second-order valence-corrected chi connectivity index (χ2v) is 3.11. The van der Waals surface area contributed by atoms with Crippen molar-refractivity contribution in [3.63, 3.8) is 0 Å². The highest BCUT2D eigenvalue weighted by molar-refractivity contribution is 7.98. The van der Waals surface area contributed by atoms with Gasteiger partial charge in [0.25, 0.3) is 0 Å². The van der Waals surface area contributed by atoms with Crippen LogP contribution in [0.1, 0.15) is 11.6 Å². The summed E-state index contributed by atoms with van der Waals surface area (Å²) < 4.78 is 0. The molecule has 0 aliphatic rings. The van der Waals surface area contributed by atoms with Gasteiger partial charge in [-0.15, -0.1) is 16.9 Å². The number of nitrogens with zero attached hydrogens (tertiary/aromatic N) is 2. The average Bonchev–Trinajstić information content (AvgIpc) is 2.45. The first-order chi connectivity index (χ1) is 6.07. The van der Waals surface area contributed by atoms with Crippen LogP contribution in [0.25, 0.3) is 0 Å². The lowest BCUT2D eigenvalue weighted by Gasteiger charge is -2.05. The van der Waals surface area contributed by atoms with Crippen molar-refractivity contribution in [2.75, 3.05) is 6.26 Å². The van der Waals surface area contributed by atoms with Crippen LogP contribution in [-0.2, 0) is 4.79 Å².